The van der Waals surface area contributed by atoms with Crippen LogP contribution in [0.3, 0.4) is 0 Å². The van der Waals surface area contributed by atoms with E-state index in [1.165, 1.54) is 12.5 Å². The monoisotopic (exact) mass is 365 g/mol. The number of methoxy groups -OCH3 is 1. The molecule has 0 spiro atoms. The molecular weight excluding hydrogens is 346 g/mol. The summed E-state index contributed by atoms with van der Waals surface area (Å²) in [5, 5.41) is 13.6. The second kappa shape index (κ2) is 9.31. The van der Waals surface area contributed by atoms with Gasteiger partial charge in [-0.25, -0.2) is 14.8 Å². The molecule has 0 radical (unpaired) electrons. The second-order valence-electron chi connectivity index (χ2n) is 5.17. The van der Waals surface area contributed by atoms with Gasteiger partial charge in [-0.2, -0.15) is 0 Å². The predicted octanol–water partition coefficient (Wildman–Crippen LogP) is 1.97. The average Bonchev–Trinajstić information content (AvgIpc) is 2.60. The summed E-state index contributed by atoms with van der Waals surface area (Å²) in [5.41, 5.74) is 1.55. The maximum atomic E-state index is 11.9. The quantitative estimate of drug-likeness (QED) is 0.545. The standard InChI is InChI=1S/C17H20ClN3O4/c1-3-25-17(23)12-9-19-10-21-14(12)7-16(22)20-8-11-4-5-15(24-2)13(18)6-11/h4-6,9-10,16,20,22H,3,7-8H2,1-2H3. The van der Waals surface area contributed by atoms with Crippen molar-refractivity contribution in [3.8, 4) is 5.75 Å². The van der Waals surface area contributed by atoms with Crippen molar-refractivity contribution < 1.29 is 19.4 Å². The van der Waals surface area contributed by atoms with E-state index in [0.29, 0.717) is 23.0 Å². The highest BCUT2D eigenvalue weighted by Gasteiger charge is 2.17. The first kappa shape index (κ1) is 19.1. The third kappa shape index (κ3) is 5.38. The maximum absolute atomic E-state index is 11.9. The molecule has 1 aromatic heterocycles. The summed E-state index contributed by atoms with van der Waals surface area (Å²) < 4.78 is 10.1. The largest absolute Gasteiger partial charge is 0.495 e. The Labute approximate surface area is 151 Å². The summed E-state index contributed by atoms with van der Waals surface area (Å²) in [6, 6.07) is 5.36. The van der Waals surface area contributed by atoms with Gasteiger partial charge in [-0.15, -0.1) is 0 Å². The fraction of sp³-hybridized carbons (Fsp3) is 0.353. The van der Waals surface area contributed by atoms with Crippen LogP contribution in [-0.4, -0.2) is 41.0 Å². The van der Waals surface area contributed by atoms with Crippen LogP contribution in [0.5, 0.6) is 5.75 Å². The molecule has 0 saturated carbocycles. The Morgan fingerprint density at radius 2 is 2.24 bits per heavy atom. The van der Waals surface area contributed by atoms with Gasteiger partial charge in [0.25, 0.3) is 0 Å². The van der Waals surface area contributed by atoms with Crippen LogP contribution in [0.1, 0.15) is 28.5 Å². The van der Waals surface area contributed by atoms with E-state index in [9.17, 15) is 9.90 Å². The second-order valence-corrected chi connectivity index (χ2v) is 5.58. The third-order valence-electron chi connectivity index (χ3n) is 3.43. The van der Waals surface area contributed by atoms with Crippen LogP contribution in [0.25, 0.3) is 0 Å². The van der Waals surface area contributed by atoms with Gasteiger partial charge in [0.15, 0.2) is 0 Å². The van der Waals surface area contributed by atoms with Gasteiger partial charge < -0.3 is 14.6 Å². The van der Waals surface area contributed by atoms with E-state index < -0.39 is 12.2 Å². The minimum Gasteiger partial charge on any atom is -0.495 e. The molecule has 7 nitrogen and oxygen atoms in total. The molecule has 2 rings (SSSR count). The Hall–Kier alpha value is -2.22. The molecule has 1 aromatic carbocycles. The van der Waals surface area contributed by atoms with Gasteiger partial charge in [-0.3, -0.25) is 5.32 Å². The van der Waals surface area contributed by atoms with E-state index in [-0.39, 0.29) is 18.6 Å². The number of carbonyl (C=O) groups is 1. The van der Waals surface area contributed by atoms with Crippen LogP contribution in [0.15, 0.2) is 30.7 Å². The SMILES string of the molecule is CCOC(=O)c1cncnc1CC(O)NCc1ccc(OC)c(Cl)c1. The van der Waals surface area contributed by atoms with Crippen LogP contribution < -0.4 is 10.1 Å². The molecule has 0 aliphatic carbocycles. The normalized spacial score (nSPS) is 11.8. The summed E-state index contributed by atoms with van der Waals surface area (Å²) in [6.45, 7) is 2.37. The number of halogens is 1. The molecule has 25 heavy (non-hydrogen) atoms. The van der Waals surface area contributed by atoms with Gasteiger partial charge in [-0.05, 0) is 24.6 Å². The Bertz CT molecular complexity index is 727. The maximum Gasteiger partial charge on any atom is 0.341 e. The molecule has 2 aromatic rings. The molecular formula is C17H20ClN3O4. The smallest absolute Gasteiger partial charge is 0.341 e. The van der Waals surface area contributed by atoms with Gasteiger partial charge in [0.1, 0.15) is 18.3 Å². The van der Waals surface area contributed by atoms with Crippen LogP contribution in [-0.2, 0) is 17.7 Å². The number of nitrogens with one attached hydrogen (secondary N) is 1. The molecule has 1 unspecified atom stereocenters. The summed E-state index contributed by atoms with van der Waals surface area (Å²) in [7, 11) is 1.55. The lowest BCUT2D eigenvalue weighted by Gasteiger charge is -2.14. The van der Waals surface area contributed by atoms with Crippen molar-refractivity contribution in [1.29, 1.82) is 0 Å². The van der Waals surface area contributed by atoms with Crippen molar-refractivity contribution in [3.05, 3.63) is 52.6 Å². The molecule has 1 atom stereocenters. The van der Waals surface area contributed by atoms with Crippen LogP contribution in [0.2, 0.25) is 5.02 Å². The highest BCUT2D eigenvalue weighted by atomic mass is 35.5. The number of nitrogens with zero attached hydrogens (tertiary/aromatic N) is 2. The number of esters is 1. The molecule has 0 saturated heterocycles. The average molecular weight is 366 g/mol. The first-order valence-electron chi connectivity index (χ1n) is 7.75. The molecule has 1 heterocycles. The fourth-order valence-electron chi connectivity index (χ4n) is 2.21. The van der Waals surface area contributed by atoms with Crippen molar-refractivity contribution in [2.24, 2.45) is 0 Å². The summed E-state index contributed by atoms with van der Waals surface area (Å²) >= 11 is 6.08. The van der Waals surface area contributed by atoms with E-state index in [1.807, 2.05) is 6.07 Å². The number of hydrogen-bond donors (Lipinski definition) is 2. The first-order valence-corrected chi connectivity index (χ1v) is 8.12. The Kier molecular flexibility index (Phi) is 7.12. The van der Waals surface area contributed by atoms with E-state index in [0.717, 1.165) is 5.56 Å². The van der Waals surface area contributed by atoms with Gasteiger partial charge in [0, 0.05) is 19.2 Å². The molecule has 0 aliphatic rings. The lowest BCUT2D eigenvalue weighted by atomic mass is 10.1. The Morgan fingerprint density at radius 3 is 2.92 bits per heavy atom. The number of carbonyl (C=O) groups excluding carboxylic acids is 1. The first-order chi connectivity index (χ1) is 12.0. The topological polar surface area (TPSA) is 93.6 Å². The number of benzene rings is 1. The van der Waals surface area contributed by atoms with Crippen LogP contribution >= 0.6 is 11.6 Å². The molecule has 2 N–H and O–H groups in total. The lowest BCUT2D eigenvalue weighted by Crippen LogP contribution is -2.31. The van der Waals surface area contributed by atoms with Gasteiger partial charge in [0.2, 0.25) is 0 Å². The van der Waals surface area contributed by atoms with E-state index in [1.54, 1.807) is 26.2 Å². The van der Waals surface area contributed by atoms with Crippen molar-refractivity contribution in [2.45, 2.75) is 26.1 Å². The molecule has 8 heteroatoms. The molecule has 0 bridgehead atoms. The lowest BCUT2D eigenvalue weighted by molar-refractivity contribution is 0.0522. The highest BCUT2D eigenvalue weighted by molar-refractivity contribution is 6.32. The number of rotatable bonds is 8. The number of hydrogen-bond acceptors (Lipinski definition) is 7. The molecule has 134 valence electrons. The van der Waals surface area contributed by atoms with Crippen molar-refractivity contribution >= 4 is 17.6 Å². The minimum absolute atomic E-state index is 0.139. The zero-order valence-electron chi connectivity index (χ0n) is 14.0. The fourth-order valence-corrected chi connectivity index (χ4v) is 2.49. The minimum atomic E-state index is -0.899. The summed E-state index contributed by atoms with van der Waals surface area (Å²) in [4.78, 5) is 19.8. The van der Waals surface area contributed by atoms with Crippen molar-refractivity contribution in [1.82, 2.24) is 15.3 Å². The number of aromatic nitrogens is 2. The van der Waals surface area contributed by atoms with Gasteiger partial charge in [-0.1, -0.05) is 17.7 Å². The molecule has 0 aliphatic heterocycles. The highest BCUT2D eigenvalue weighted by Crippen LogP contribution is 2.24. The summed E-state index contributed by atoms with van der Waals surface area (Å²) in [5.74, 6) is 0.0817. The van der Waals surface area contributed by atoms with Crippen LogP contribution in [0.4, 0.5) is 0 Å². The van der Waals surface area contributed by atoms with Gasteiger partial charge in [0.05, 0.1) is 30.0 Å². The molecule has 0 fully saturated rings. The van der Waals surface area contributed by atoms with Crippen molar-refractivity contribution in [3.63, 3.8) is 0 Å². The number of ether oxygens (including phenoxy) is 2. The predicted molar refractivity (Wildman–Crippen MR) is 92.5 cm³/mol. The van der Waals surface area contributed by atoms with Gasteiger partial charge >= 0.3 is 5.97 Å². The summed E-state index contributed by atoms with van der Waals surface area (Å²) in [6.07, 6.45) is 1.95. The van der Waals surface area contributed by atoms with E-state index in [2.05, 4.69) is 15.3 Å². The van der Waals surface area contributed by atoms with Crippen LogP contribution in [0, 0.1) is 0 Å². The van der Waals surface area contributed by atoms with E-state index >= 15 is 0 Å². The zero-order chi connectivity index (χ0) is 18.2. The Morgan fingerprint density at radius 1 is 1.44 bits per heavy atom. The molecule has 0 amide bonds. The Balaban J connectivity index is 1.98. The number of aliphatic hydroxyl groups excluding tert-OH is 1. The van der Waals surface area contributed by atoms with E-state index in [4.69, 9.17) is 21.1 Å². The number of aliphatic hydroxyl groups is 1. The van der Waals surface area contributed by atoms with Crippen molar-refractivity contribution in [2.75, 3.05) is 13.7 Å². The third-order valence-corrected chi connectivity index (χ3v) is 3.73. The zero-order valence-corrected chi connectivity index (χ0v) is 14.8.